The van der Waals surface area contributed by atoms with Crippen LogP contribution in [-0.2, 0) is 11.2 Å². The molecule has 0 fully saturated rings. The molecule has 0 saturated carbocycles. The van der Waals surface area contributed by atoms with E-state index in [4.69, 9.17) is 4.74 Å². The lowest BCUT2D eigenvalue weighted by atomic mass is 10.3. The van der Waals surface area contributed by atoms with Crippen molar-refractivity contribution < 1.29 is 9.53 Å². The molecular formula is C11H17NO2S. The second-order valence-corrected chi connectivity index (χ2v) is 4.08. The summed E-state index contributed by atoms with van der Waals surface area (Å²) in [4.78, 5) is 11.1. The van der Waals surface area contributed by atoms with Gasteiger partial charge in [-0.1, -0.05) is 13.3 Å². The molecule has 1 aromatic rings. The lowest BCUT2D eigenvalue weighted by Crippen LogP contribution is -2.25. The highest BCUT2D eigenvalue weighted by Gasteiger charge is 2.00. The number of rotatable bonds is 6. The van der Waals surface area contributed by atoms with E-state index in [9.17, 15) is 4.79 Å². The quantitative estimate of drug-likeness (QED) is 0.759. The van der Waals surface area contributed by atoms with E-state index in [0.717, 1.165) is 19.3 Å². The van der Waals surface area contributed by atoms with Crippen molar-refractivity contribution >= 4 is 17.4 Å². The van der Waals surface area contributed by atoms with Crippen molar-refractivity contribution in [3.63, 3.8) is 0 Å². The van der Waals surface area contributed by atoms with Gasteiger partial charge in [-0.05, 0) is 28.8 Å². The molecule has 0 unspecified atom stereocenters. The van der Waals surface area contributed by atoms with Crippen LogP contribution in [0.15, 0.2) is 16.8 Å². The minimum Gasteiger partial charge on any atom is -0.449 e. The number of carbonyl (C=O) groups excluding carboxylic acids is 1. The monoisotopic (exact) mass is 227 g/mol. The average Bonchev–Trinajstić information content (AvgIpc) is 2.71. The Morgan fingerprint density at radius 2 is 2.47 bits per heavy atom. The Morgan fingerprint density at radius 1 is 1.60 bits per heavy atom. The van der Waals surface area contributed by atoms with Crippen LogP contribution in [0.1, 0.15) is 25.3 Å². The maximum absolute atomic E-state index is 11.1. The molecule has 0 atom stereocenters. The SMILES string of the molecule is CCCCNC(=O)OCCc1ccsc1. The van der Waals surface area contributed by atoms with Crippen molar-refractivity contribution in [2.24, 2.45) is 0 Å². The van der Waals surface area contributed by atoms with E-state index in [1.807, 2.05) is 11.4 Å². The minimum atomic E-state index is -0.307. The lowest BCUT2D eigenvalue weighted by Gasteiger charge is -2.05. The minimum absolute atomic E-state index is 0.307. The van der Waals surface area contributed by atoms with Crippen molar-refractivity contribution in [3.05, 3.63) is 22.4 Å². The topological polar surface area (TPSA) is 38.3 Å². The molecule has 1 amide bonds. The van der Waals surface area contributed by atoms with Crippen LogP contribution in [0, 0.1) is 0 Å². The summed E-state index contributed by atoms with van der Waals surface area (Å²) in [6.45, 7) is 3.24. The summed E-state index contributed by atoms with van der Waals surface area (Å²) in [6, 6.07) is 2.04. The van der Waals surface area contributed by atoms with Crippen LogP contribution in [0.5, 0.6) is 0 Å². The zero-order valence-electron chi connectivity index (χ0n) is 8.99. The first-order valence-corrected chi connectivity index (χ1v) is 6.19. The Balaban J connectivity index is 2.02. The predicted octanol–water partition coefficient (Wildman–Crippen LogP) is 2.82. The largest absolute Gasteiger partial charge is 0.449 e. The maximum atomic E-state index is 11.1. The number of hydrogen-bond acceptors (Lipinski definition) is 3. The van der Waals surface area contributed by atoms with E-state index in [0.29, 0.717) is 13.2 Å². The number of amides is 1. The fourth-order valence-corrected chi connectivity index (χ4v) is 1.82. The fraction of sp³-hybridized carbons (Fsp3) is 0.545. The molecule has 1 N–H and O–H groups in total. The number of ether oxygens (including phenoxy) is 1. The number of thiophene rings is 1. The molecule has 0 bridgehead atoms. The molecule has 1 aromatic heterocycles. The molecule has 0 aliphatic carbocycles. The Labute approximate surface area is 94.5 Å². The van der Waals surface area contributed by atoms with E-state index in [-0.39, 0.29) is 6.09 Å². The van der Waals surface area contributed by atoms with E-state index in [2.05, 4.69) is 17.6 Å². The number of carbonyl (C=O) groups is 1. The van der Waals surface area contributed by atoms with Gasteiger partial charge in [0.2, 0.25) is 0 Å². The normalized spacial score (nSPS) is 9.93. The molecule has 1 heterocycles. The van der Waals surface area contributed by atoms with Gasteiger partial charge in [0.05, 0.1) is 6.61 Å². The number of alkyl carbamates (subject to hydrolysis) is 1. The molecule has 3 nitrogen and oxygen atoms in total. The Bertz CT molecular complexity index is 272. The molecule has 0 radical (unpaired) electrons. The summed E-state index contributed by atoms with van der Waals surface area (Å²) in [7, 11) is 0. The third-order valence-electron chi connectivity index (χ3n) is 2.00. The van der Waals surface area contributed by atoms with Crippen LogP contribution in [0.2, 0.25) is 0 Å². The van der Waals surface area contributed by atoms with E-state index < -0.39 is 0 Å². The van der Waals surface area contributed by atoms with Gasteiger partial charge >= 0.3 is 6.09 Å². The first-order valence-electron chi connectivity index (χ1n) is 5.24. The zero-order valence-corrected chi connectivity index (χ0v) is 9.81. The Hall–Kier alpha value is -1.03. The van der Waals surface area contributed by atoms with Gasteiger partial charge < -0.3 is 10.1 Å². The molecule has 4 heteroatoms. The highest BCUT2D eigenvalue weighted by Crippen LogP contribution is 2.06. The van der Waals surface area contributed by atoms with Gasteiger partial charge in [0.1, 0.15) is 0 Å². The van der Waals surface area contributed by atoms with Crippen LogP contribution in [0.4, 0.5) is 4.79 Å². The Morgan fingerprint density at radius 3 is 3.13 bits per heavy atom. The Kier molecular flexibility index (Phi) is 5.85. The second-order valence-electron chi connectivity index (χ2n) is 3.30. The zero-order chi connectivity index (χ0) is 10.9. The molecule has 15 heavy (non-hydrogen) atoms. The highest BCUT2D eigenvalue weighted by atomic mass is 32.1. The summed E-state index contributed by atoms with van der Waals surface area (Å²) in [5.41, 5.74) is 1.22. The number of hydrogen-bond donors (Lipinski definition) is 1. The maximum Gasteiger partial charge on any atom is 0.407 e. The predicted molar refractivity (Wildman–Crippen MR) is 62.3 cm³/mol. The van der Waals surface area contributed by atoms with Crippen molar-refractivity contribution in [2.45, 2.75) is 26.2 Å². The van der Waals surface area contributed by atoms with Gasteiger partial charge in [-0.3, -0.25) is 0 Å². The summed E-state index contributed by atoms with van der Waals surface area (Å²) in [6.07, 6.45) is 2.57. The molecule has 0 spiro atoms. The van der Waals surface area contributed by atoms with Gasteiger partial charge in [0.25, 0.3) is 0 Å². The molecule has 84 valence electrons. The van der Waals surface area contributed by atoms with Crippen LogP contribution < -0.4 is 5.32 Å². The molecule has 0 aliphatic rings. The van der Waals surface area contributed by atoms with Crippen LogP contribution >= 0.6 is 11.3 Å². The molecule has 0 saturated heterocycles. The van der Waals surface area contributed by atoms with Gasteiger partial charge in [-0.2, -0.15) is 11.3 Å². The van der Waals surface area contributed by atoms with Crippen molar-refractivity contribution in [1.29, 1.82) is 0 Å². The smallest absolute Gasteiger partial charge is 0.407 e. The van der Waals surface area contributed by atoms with E-state index in [1.54, 1.807) is 11.3 Å². The summed E-state index contributed by atoms with van der Waals surface area (Å²) in [5.74, 6) is 0. The third-order valence-corrected chi connectivity index (χ3v) is 2.74. The van der Waals surface area contributed by atoms with Gasteiger partial charge in [0, 0.05) is 13.0 Å². The third kappa shape index (κ3) is 5.42. The lowest BCUT2D eigenvalue weighted by molar-refractivity contribution is 0.147. The molecule has 1 rings (SSSR count). The highest BCUT2D eigenvalue weighted by molar-refractivity contribution is 7.07. The summed E-state index contributed by atoms with van der Waals surface area (Å²) < 4.78 is 5.02. The number of unbranched alkanes of at least 4 members (excludes halogenated alkanes) is 1. The average molecular weight is 227 g/mol. The van der Waals surface area contributed by atoms with Gasteiger partial charge in [-0.25, -0.2) is 4.79 Å². The molecule has 0 aromatic carbocycles. The van der Waals surface area contributed by atoms with E-state index >= 15 is 0 Å². The van der Waals surface area contributed by atoms with Crippen molar-refractivity contribution in [2.75, 3.05) is 13.2 Å². The second kappa shape index (κ2) is 7.29. The van der Waals surface area contributed by atoms with E-state index in [1.165, 1.54) is 5.56 Å². The summed E-state index contributed by atoms with van der Waals surface area (Å²) in [5, 5.41) is 6.80. The number of nitrogens with one attached hydrogen (secondary N) is 1. The summed E-state index contributed by atoms with van der Waals surface area (Å²) >= 11 is 1.66. The molecular weight excluding hydrogens is 210 g/mol. The first kappa shape index (κ1) is 12.0. The van der Waals surface area contributed by atoms with Crippen molar-refractivity contribution in [3.8, 4) is 0 Å². The van der Waals surface area contributed by atoms with Gasteiger partial charge in [-0.15, -0.1) is 0 Å². The first-order chi connectivity index (χ1) is 7.33. The van der Waals surface area contributed by atoms with Crippen molar-refractivity contribution in [1.82, 2.24) is 5.32 Å². The van der Waals surface area contributed by atoms with Crippen LogP contribution in [0.3, 0.4) is 0 Å². The van der Waals surface area contributed by atoms with Crippen LogP contribution in [-0.4, -0.2) is 19.2 Å². The van der Waals surface area contributed by atoms with Crippen LogP contribution in [0.25, 0.3) is 0 Å². The van der Waals surface area contributed by atoms with Gasteiger partial charge in [0.15, 0.2) is 0 Å². The standard InChI is InChI=1S/C11H17NO2S/c1-2-3-6-12-11(13)14-7-4-10-5-8-15-9-10/h5,8-9H,2-4,6-7H2,1H3,(H,12,13). The molecule has 0 aliphatic heterocycles. The fourth-order valence-electron chi connectivity index (χ4n) is 1.11.